The van der Waals surface area contributed by atoms with Crippen molar-refractivity contribution in [2.24, 2.45) is 0 Å². The molecule has 1 aromatic heterocycles. The second kappa shape index (κ2) is 7.70. The fourth-order valence-electron chi connectivity index (χ4n) is 2.96. The summed E-state index contributed by atoms with van der Waals surface area (Å²) in [7, 11) is 0. The quantitative estimate of drug-likeness (QED) is 0.373. The molecule has 0 aliphatic rings. The third-order valence-electron chi connectivity index (χ3n) is 4.70. The molecule has 0 amide bonds. The second-order valence-corrected chi connectivity index (χ2v) is 8.38. The highest BCUT2D eigenvalue weighted by Gasteiger charge is 2.07. The predicted molar refractivity (Wildman–Crippen MR) is 126 cm³/mol. The Morgan fingerprint density at radius 3 is 2.29 bits per heavy atom. The highest BCUT2D eigenvalue weighted by atomic mass is 32.1. The van der Waals surface area contributed by atoms with Gasteiger partial charge < -0.3 is 10.6 Å². The number of anilines is 2. The number of aryl methyl sites for hydroxylation is 3. The highest BCUT2D eigenvalue weighted by Crippen LogP contribution is 2.31. The summed E-state index contributed by atoms with van der Waals surface area (Å²) in [5.41, 5.74) is 7.85. The van der Waals surface area contributed by atoms with Crippen LogP contribution in [0.3, 0.4) is 0 Å². The van der Waals surface area contributed by atoms with Crippen LogP contribution >= 0.6 is 23.6 Å². The van der Waals surface area contributed by atoms with Crippen LogP contribution in [0.2, 0.25) is 0 Å². The van der Waals surface area contributed by atoms with Crippen LogP contribution in [0.5, 0.6) is 0 Å². The number of fused-ring (bicyclic) bond motifs is 1. The van der Waals surface area contributed by atoms with Crippen molar-refractivity contribution in [3.8, 4) is 10.6 Å². The zero-order chi connectivity index (χ0) is 19.7. The van der Waals surface area contributed by atoms with Crippen LogP contribution < -0.4 is 10.6 Å². The molecule has 5 heteroatoms. The van der Waals surface area contributed by atoms with Gasteiger partial charge in [-0.25, -0.2) is 4.98 Å². The van der Waals surface area contributed by atoms with Gasteiger partial charge in [0.2, 0.25) is 0 Å². The molecule has 0 atom stereocenters. The van der Waals surface area contributed by atoms with Crippen molar-refractivity contribution < 1.29 is 0 Å². The van der Waals surface area contributed by atoms with Gasteiger partial charge >= 0.3 is 0 Å². The van der Waals surface area contributed by atoms with Crippen molar-refractivity contribution >= 4 is 50.3 Å². The maximum Gasteiger partial charge on any atom is 0.175 e. The summed E-state index contributed by atoms with van der Waals surface area (Å²) in [6.45, 7) is 6.30. The van der Waals surface area contributed by atoms with Gasteiger partial charge in [0, 0.05) is 16.9 Å². The van der Waals surface area contributed by atoms with E-state index in [9.17, 15) is 0 Å². The lowest BCUT2D eigenvalue weighted by Gasteiger charge is -2.12. The van der Waals surface area contributed by atoms with E-state index in [1.54, 1.807) is 11.3 Å². The molecule has 2 N–H and O–H groups in total. The molecule has 0 saturated heterocycles. The number of thiazole rings is 1. The Kier molecular flexibility index (Phi) is 5.11. The molecule has 3 aromatic carbocycles. The third-order valence-corrected chi connectivity index (χ3v) is 5.97. The summed E-state index contributed by atoms with van der Waals surface area (Å²) in [5, 5.41) is 8.08. The van der Waals surface area contributed by atoms with E-state index in [0.717, 1.165) is 27.5 Å². The van der Waals surface area contributed by atoms with E-state index < -0.39 is 0 Å². The number of nitrogens with one attached hydrogen (secondary N) is 2. The molecule has 0 bridgehead atoms. The van der Waals surface area contributed by atoms with Crippen LogP contribution in [0, 0.1) is 20.8 Å². The van der Waals surface area contributed by atoms with Crippen LogP contribution in [0.4, 0.5) is 11.4 Å². The predicted octanol–water partition coefficient (Wildman–Crippen LogP) is 6.70. The molecule has 1 heterocycles. The minimum Gasteiger partial charge on any atom is -0.332 e. The van der Waals surface area contributed by atoms with Gasteiger partial charge in [-0.3, -0.25) is 0 Å². The molecule has 28 heavy (non-hydrogen) atoms. The van der Waals surface area contributed by atoms with Gasteiger partial charge in [0.25, 0.3) is 0 Å². The molecule has 0 aliphatic carbocycles. The molecular formula is C23H21N3S2. The van der Waals surface area contributed by atoms with E-state index in [2.05, 4.69) is 73.9 Å². The number of thiocarbonyl (C=S) groups is 1. The summed E-state index contributed by atoms with van der Waals surface area (Å²) < 4.78 is 1.22. The summed E-state index contributed by atoms with van der Waals surface area (Å²) in [5.74, 6) is 0. The Bertz CT molecular complexity index is 1160. The van der Waals surface area contributed by atoms with Crippen LogP contribution in [0.1, 0.15) is 16.7 Å². The van der Waals surface area contributed by atoms with Crippen molar-refractivity contribution in [1.82, 2.24) is 4.98 Å². The zero-order valence-electron chi connectivity index (χ0n) is 16.0. The Labute approximate surface area is 174 Å². The molecule has 4 aromatic rings. The van der Waals surface area contributed by atoms with Gasteiger partial charge in [-0.15, -0.1) is 11.3 Å². The smallest absolute Gasteiger partial charge is 0.175 e. The second-order valence-electron chi connectivity index (χ2n) is 6.95. The summed E-state index contributed by atoms with van der Waals surface area (Å²) in [6, 6.07) is 20.8. The van der Waals surface area contributed by atoms with Crippen molar-refractivity contribution in [2.45, 2.75) is 20.8 Å². The average molecular weight is 404 g/mol. The maximum absolute atomic E-state index is 5.44. The first-order chi connectivity index (χ1) is 13.5. The van der Waals surface area contributed by atoms with Crippen LogP contribution in [-0.4, -0.2) is 10.1 Å². The van der Waals surface area contributed by atoms with Crippen LogP contribution in [0.15, 0.2) is 60.7 Å². The molecule has 0 fully saturated rings. The maximum atomic E-state index is 5.44. The Balaban J connectivity index is 1.46. The minimum absolute atomic E-state index is 0.575. The average Bonchev–Trinajstić information content (AvgIpc) is 3.08. The molecule has 0 unspecified atom stereocenters. The summed E-state index contributed by atoms with van der Waals surface area (Å²) >= 11 is 7.16. The van der Waals surface area contributed by atoms with Crippen molar-refractivity contribution in [3.05, 3.63) is 77.4 Å². The van der Waals surface area contributed by atoms with E-state index in [4.69, 9.17) is 17.2 Å². The number of nitrogens with zero attached hydrogens (tertiary/aromatic N) is 1. The SMILES string of the molecule is Cc1ccc2nc(-c3ccc(NC(=S)Nc4ccc(C)c(C)c4)cc3)sc2c1. The van der Waals surface area contributed by atoms with Crippen LogP contribution in [0.25, 0.3) is 20.8 Å². The number of hydrogen-bond acceptors (Lipinski definition) is 3. The van der Waals surface area contributed by atoms with E-state index >= 15 is 0 Å². The molecule has 0 radical (unpaired) electrons. The molecule has 0 saturated carbocycles. The van der Waals surface area contributed by atoms with Gasteiger partial charge in [0.05, 0.1) is 10.2 Å². The van der Waals surface area contributed by atoms with Crippen molar-refractivity contribution in [1.29, 1.82) is 0 Å². The monoisotopic (exact) mass is 403 g/mol. The molecule has 0 spiro atoms. The molecule has 3 nitrogen and oxygen atoms in total. The van der Waals surface area contributed by atoms with Crippen LogP contribution in [-0.2, 0) is 0 Å². The zero-order valence-corrected chi connectivity index (χ0v) is 17.7. The summed E-state index contributed by atoms with van der Waals surface area (Å²) in [6.07, 6.45) is 0. The standard InChI is InChI=1S/C23H21N3S2/c1-14-4-11-20-21(12-14)28-22(26-20)17-6-9-18(10-7-17)24-23(27)25-19-8-5-15(2)16(3)13-19/h4-13H,1-3H3,(H2,24,25,27). The lowest BCUT2D eigenvalue weighted by atomic mass is 10.1. The molecule has 0 aliphatic heterocycles. The molecule has 4 rings (SSSR count). The Morgan fingerprint density at radius 2 is 1.54 bits per heavy atom. The number of hydrogen-bond donors (Lipinski definition) is 2. The Hall–Kier alpha value is -2.76. The number of aromatic nitrogens is 1. The topological polar surface area (TPSA) is 37.0 Å². The molecular weight excluding hydrogens is 382 g/mol. The first kappa shape index (κ1) is 18.6. The minimum atomic E-state index is 0.575. The van der Waals surface area contributed by atoms with Gasteiger partial charge in [0.15, 0.2) is 5.11 Å². The van der Waals surface area contributed by atoms with Gasteiger partial charge in [-0.1, -0.05) is 12.1 Å². The summed E-state index contributed by atoms with van der Waals surface area (Å²) in [4.78, 5) is 4.75. The van der Waals surface area contributed by atoms with Crippen molar-refractivity contribution in [2.75, 3.05) is 10.6 Å². The van der Waals surface area contributed by atoms with Gasteiger partial charge in [-0.05, 0) is 98.2 Å². The van der Waals surface area contributed by atoms with Gasteiger partial charge in [-0.2, -0.15) is 0 Å². The van der Waals surface area contributed by atoms with E-state index in [-0.39, 0.29) is 0 Å². The largest absolute Gasteiger partial charge is 0.332 e. The van der Waals surface area contributed by atoms with E-state index in [1.807, 2.05) is 18.2 Å². The lowest BCUT2D eigenvalue weighted by Crippen LogP contribution is -2.19. The van der Waals surface area contributed by atoms with Crippen molar-refractivity contribution in [3.63, 3.8) is 0 Å². The first-order valence-corrected chi connectivity index (χ1v) is 10.3. The lowest BCUT2D eigenvalue weighted by molar-refractivity contribution is 1.34. The number of rotatable bonds is 3. The Morgan fingerprint density at radius 1 is 0.821 bits per heavy atom. The van der Waals surface area contributed by atoms with Gasteiger partial charge in [0.1, 0.15) is 5.01 Å². The van der Waals surface area contributed by atoms with E-state index in [1.165, 1.54) is 21.4 Å². The van der Waals surface area contributed by atoms with E-state index in [0.29, 0.717) is 5.11 Å². The normalized spacial score (nSPS) is 10.8. The third kappa shape index (κ3) is 4.06. The highest BCUT2D eigenvalue weighted by molar-refractivity contribution is 7.80. The fourth-order valence-corrected chi connectivity index (χ4v) is 4.27. The molecule has 140 valence electrons. The first-order valence-electron chi connectivity index (χ1n) is 9.11. The fraction of sp³-hybridized carbons (Fsp3) is 0.130. The number of benzene rings is 3.